The third-order valence-electron chi connectivity index (χ3n) is 5.50. The van der Waals surface area contributed by atoms with Gasteiger partial charge in [-0.25, -0.2) is 9.59 Å². The van der Waals surface area contributed by atoms with E-state index in [-0.39, 0.29) is 19.1 Å². The Morgan fingerprint density at radius 2 is 1.61 bits per heavy atom. The minimum atomic E-state index is -1.38. The third kappa shape index (κ3) is 5.03. The second kappa shape index (κ2) is 10.1. The first kappa shape index (κ1) is 22.3. The van der Waals surface area contributed by atoms with Crippen LogP contribution < -0.4 is 10.6 Å². The molecule has 8 nitrogen and oxygen atoms in total. The maximum absolute atomic E-state index is 12.3. The zero-order chi connectivity index (χ0) is 22.4. The second-order valence-corrected chi connectivity index (χ2v) is 7.39. The number of rotatable bonds is 9. The van der Waals surface area contributed by atoms with E-state index in [1.165, 1.54) is 0 Å². The van der Waals surface area contributed by atoms with E-state index in [2.05, 4.69) is 22.8 Å². The van der Waals surface area contributed by atoms with Crippen LogP contribution in [0.3, 0.4) is 0 Å². The zero-order valence-corrected chi connectivity index (χ0v) is 17.2. The van der Waals surface area contributed by atoms with Gasteiger partial charge in [0, 0.05) is 12.5 Å². The van der Waals surface area contributed by atoms with Crippen LogP contribution in [0.2, 0.25) is 0 Å². The van der Waals surface area contributed by atoms with Gasteiger partial charge < -0.3 is 25.6 Å². The molecule has 3 rings (SSSR count). The summed E-state index contributed by atoms with van der Waals surface area (Å²) in [6.07, 6.45) is -0.266. The number of carboxylic acids is 1. The lowest BCUT2D eigenvalue weighted by molar-refractivity contribution is -0.143. The van der Waals surface area contributed by atoms with Crippen molar-refractivity contribution in [1.29, 1.82) is 0 Å². The van der Waals surface area contributed by atoms with Gasteiger partial charge in [0.15, 0.2) is 0 Å². The van der Waals surface area contributed by atoms with Crippen molar-refractivity contribution in [2.24, 2.45) is 5.92 Å². The van der Waals surface area contributed by atoms with E-state index in [4.69, 9.17) is 14.9 Å². The number of ether oxygens (including phenoxy) is 1. The number of aliphatic hydroxyl groups excluding tert-OH is 1. The average molecular weight is 426 g/mol. The van der Waals surface area contributed by atoms with Crippen molar-refractivity contribution in [3.8, 4) is 11.1 Å². The summed E-state index contributed by atoms with van der Waals surface area (Å²) in [4.78, 5) is 35.4. The molecule has 1 aliphatic rings. The Labute approximate surface area is 180 Å². The summed E-state index contributed by atoms with van der Waals surface area (Å²) >= 11 is 0. The number of amides is 2. The van der Waals surface area contributed by atoms with Crippen molar-refractivity contribution >= 4 is 18.0 Å². The molecule has 2 aromatic rings. The van der Waals surface area contributed by atoms with Crippen LogP contribution in [-0.4, -0.2) is 54.0 Å². The van der Waals surface area contributed by atoms with E-state index >= 15 is 0 Å². The molecule has 2 amide bonds. The first-order valence-corrected chi connectivity index (χ1v) is 10.2. The van der Waals surface area contributed by atoms with Crippen molar-refractivity contribution in [3.05, 3.63) is 59.7 Å². The molecule has 164 valence electrons. The molecule has 0 saturated carbocycles. The van der Waals surface area contributed by atoms with Gasteiger partial charge >= 0.3 is 12.1 Å². The van der Waals surface area contributed by atoms with Gasteiger partial charge in [-0.15, -0.1) is 0 Å². The van der Waals surface area contributed by atoms with Crippen LogP contribution in [-0.2, 0) is 14.3 Å². The fourth-order valence-corrected chi connectivity index (χ4v) is 3.75. The van der Waals surface area contributed by atoms with E-state index in [1.807, 2.05) is 36.4 Å². The fourth-order valence-electron chi connectivity index (χ4n) is 3.75. The normalized spacial score (nSPS) is 14.1. The van der Waals surface area contributed by atoms with Gasteiger partial charge in [-0.3, -0.25) is 4.79 Å². The SMILES string of the molecule is CCC(CNC(=O)OCC1c2ccccc2-c2ccccc21)C(=O)N[C@@H](CO)C(=O)O. The van der Waals surface area contributed by atoms with E-state index in [1.54, 1.807) is 6.92 Å². The maximum atomic E-state index is 12.3. The number of nitrogens with one attached hydrogen (secondary N) is 2. The molecule has 4 N–H and O–H groups in total. The number of fused-ring (bicyclic) bond motifs is 3. The first-order valence-electron chi connectivity index (χ1n) is 10.2. The topological polar surface area (TPSA) is 125 Å². The van der Waals surface area contributed by atoms with Gasteiger partial charge in [-0.05, 0) is 28.7 Å². The van der Waals surface area contributed by atoms with Crippen LogP contribution in [0.5, 0.6) is 0 Å². The molecular formula is C23H26N2O6. The van der Waals surface area contributed by atoms with Crippen LogP contribution in [0.25, 0.3) is 11.1 Å². The Bertz CT molecular complexity index is 915. The van der Waals surface area contributed by atoms with Crippen molar-refractivity contribution < 1.29 is 29.3 Å². The van der Waals surface area contributed by atoms with Crippen molar-refractivity contribution in [2.45, 2.75) is 25.3 Å². The lowest BCUT2D eigenvalue weighted by Crippen LogP contribution is -2.48. The summed E-state index contributed by atoms with van der Waals surface area (Å²) < 4.78 is 5.44. The summed E-state index contributed by atoms with van der Waals surface area (Å²) in [7, 11) is 0. The first-order chi connectivity index (χ1) is 15.0. The van der Waals surface area contributed by atoms with Gasteiger partial charge in [-0.2, -0.15) is 0 Å². The molecule has 8 heteroatoms. The highest BCUT2D eigenvalue weighted by Crippen LogP contribution is 2.44. The molecule has 0 bridgehead atoms. The zero-order valence-electron chi connectivity index (χ0n) is 17.2. The monoisotopic (exact) mass is 426 g/mol. The highest BCUT2D eigenvalue weighted by atomic mass is 16.5. The van der Waals surface area contributed by atoms with Crippen molar-refractivity contribution in [3.63, 3.8) is 0 Å². The minimum Gasteiger partial charge on any atom is -0.480 e. The largest absolute Gasteiger partial charge is 0.480 e. The van der Waals surface area contributed by atoms with Gasteiger partial charge in [0.25, 0.3) is 0 Å². The highest BCUT2D eigenvalue weighted by Gasteiger charge is 2.29. The summed E-state index contributed by atoms with van der Waals surface area (Å²) in [5.74, 6) is -2.59. The van der Waals surface area contributed by atoms with Gasteiger partial charge in [0.2, 0.25) is 5.91 Å². The fraction of sp³-hybridized carbons (Fsp3) is 0.348. The molecule has 1 unspecified atom stereocenters. The molecule has 1 aliphatic carbocycles. The average Bonchev–Trinajstić information content (AvgIpc) is 3.10. The molecule has 2 atom stereocenters. The van der Waals surface area contributed by atoms with Crippen LogP contribution in [0.4, 0.5) is 4.79 Å². The quantitative estimate of drug-likeness (QED) is 0.487. The van der Waals surface area contributed by atoms with E-state index in [9.17, 15) is 14.4 Å². The Morgan fingerprint density at radius 3 is 2.13 bits per heavy atom. The Morgan fingerprint density at radius 1 is 1.03 bits per heavy atom. The lowest BCUT2D eigenvalue weighted by atomic mass is 9.98. The molecule has 0 fully saturated rings. The van der Waals surface area contributed by atoms with Gasteiger partial charge in [-0.1, -0.05) is 55.5 Å². The molecule has 0 aliphatic heterocycles. The van der Waals surface area contributed by atoms with Crippen LogP contribution in [0, 0.1) is 5.92 Å². The predicted molar refractivity (Wildman–Crippen MR) is 114 cm³/mol. The van der Waals surface area contributed by atoms with Gasteiger partial charge in [0.05, 0.1) is 12.5 Å². The summed E-state index contributed by atoms with van der Waals surface area (Å²) in [5, 5.41) is 22.8. The Hall–Kier alpha value is -3.39. The van der Waals surface area contributed by atoms with Crippen LogP contribution >= 0.6 is 0 Å². The van der Waals surface area contributed by atoms with E-state index in [0.717, 1.165) is 22.3 Å². The van der Waals surface area contributed by atoms with Crippen molar-refractivity contribution in [1.82, 2.24) is 10.6 Å². The van der Waals surface area contributed by atoms with Crippen LogP contribution in [0.1, 0.15) is 30.4 Å². The van der Waals surface area contributed by atoms with E-state index < -0.39 is 36.5 Å². The highest BCUT2D eigenvalue weighted by molar-refractivity contribution is 5.85. The maximum Gasteiger partial charge on any atom is 0.407 e. The molecule has 0 aromatic heterocycles. The molecular weight excluding hydrogens is 400 g/mol. The number of aliphatic carboxylic acids is 1. The third-order valence-corrected chi connectivity index (χ3v) is 5.50. The predicted octanol–water partition coefficient (Wildman–Crippen LogP) is 2.11. The molecule has 0 saturated heterocycles. The smallest absolute Gasteiger partial charge is 0.407 e. The van der Waals surface area contributed by atoms with Gasteiger partial charge in [0.1, 0.15) is 12.6 Å². The molecule has 0 spiro atoms. The number of hydrogen-bond donors (Lipinski definition) is 4. The number of benzene rings is 2. The Balaban J connectivity index is 1.56. The number of aliphatic hydroxyl groups is 1. The molecule has 0 radical (unpaired) electrons. The molecule has 0 heterocycles. The van der Waals surface area contributed by atoms with E-state index in [0.29, 0.717) is 6.42 Å². The number of hydrogen-bond acceptors (Lipinski definition) is 5. The number of carbonyl (C=O) groups is 3. The molecule has 2 aromatic carbocycles. The standard InChI is InChI=1S/C23H26N2O6/c1-2-14(21(27)25-20(12-26)22(28)29)11-24-23(30)31-13-19-17-9-5-3-7-15(17)16-8-4-6-10-18(16)19/h3-10,14,19-20,26H,2,11-13H2,1H3,(H,24,30)(H,25,27)(H,28,29)/t14?,20-/m0/s1. The Kier molecular flexibility index (Phi) is 7.25. The number of alkyl carbamates (subject to hydrolysis) is 1. The molecule has 31 heavy (non-hydrogen) atoms. The summed E-state index contributed by atoms with van der Waals surface area (Å²) in [6.45, 7) is 1.20. The number of carboxylic acid groups (broad SMARTS) is 1. The number of carbonyl (C=O) groups excluding carboxylic acids is 2. The minimum absolute atomic E-state index is 0.00320. The van der Waals surface area contributed by atoms with Crippen LogP contribution in [0.15, 0.2) is 48.5 Å². The second-order valence-electron chi connectivity index (χ2n) is 7.39. The van der Waals surface area contributed by atoms with Crippen molar-refractivity contribution in [2.75, 3.05) is 19.8 Å². The summed E-state index contributed by atoms with van der Waals surface area (Å²) in [6, 6.07) is 14.6. The summed E-state index contributed by atoms with van der Waals surface area (Å²) in [5.41, 5.74) is 4.47. The lowest BCUT2D eigenvalue weighted by Gasteiger charge is -2.19.